The number of hydrogen-bond acceptors (Lipinski definition) is 4. The third-order valence-electron chi connectivity index (χ3n) is 4.15. The van der Waals surface area contributed by atoms with Gasteiger partial charge < -0.3 is 5.32 Å². The normalized spacial score (nSPS) is 10.9. The van der Waals surface area contributed by atoms with Gasteiger partial charge in [-0.15, -0.1) is 0 Å². The lowest BCUT2D eigenvalue weighted by atomic mass is 10.3. The highest BCUT2D eigenvalue weighted by Crippen LogP contribution is 2.08. The van der Waals surface area contributed by atoms with Crippen LogP contribution < -0.4 is 16.3 Å². The standard InChI is InChI=1S/C20H21N5O2/c1-15-18(24(2)25(20(15)27)17-11-7-4-8-12-17)13-22-23-19(26)14-21-16-9-5-3-6-10-16/h3-13,21H,14H2,1-2H3,(H,23,26)/b22-13-. The Morgan fingerprint density at radius 1 is 1.07 bits per heavy atom. The van der Waals surface area contributed by atoms with E-state index in [1.165, 1.54) is 6.21 Å². The number of aromatic nitrogens is 2. The van der Waals surface area contributed by atoms with Gasteiger partial charge in [0.15, 0.2) is 0 Å². The predicted octanol–water partition coefficient (Wildman–Crippen LogP) is 2.05. The summed E-state index contributed by atoms with van der Waals surface area (Å²) in [4.78, 5) is 24.5. The second-order valence-corrected chi connectivity index (χ2v) is 6.00. The molecule has 1 aromatic heterocycles. The lowest BCUT2D eigenvalue weighted by Crippen LogP contribution is -2.26. The van der Waals surface area contributed by atoms with Gasteiger partial charge in [-0.1, -0.05) is 36.4 Å². The molecule has 2 aromatic carbocycles. The SMILES string of the molecule is Cc1c(/C=N\NC(=O)CNc2ccccc2)n(C)n(-c2ccccc2)c1=O. The van der Waals surface area contributed by atoms with E-state index in [1.807, 2.05) is 60.7 Å². The lowest BCUT2D eigenvalue weighted by molar-refractivity contribution is -0.119. The zero-order valence-corrected chi connectivity index (χ0v) is 15.2. The minimum atomic E-state index is -0.278. The molecule has 7 heteroatoms. The Bertz CT molecular complexity index is 1000. The first-order valence-corrected chi connectivity index (χ1v) is 8.53. The number of carbonyl (C=O) groups excluding carboxylic acids is 1. The summed E-state index contributed by atoms with van der Waals surface area (Å²) in [7, 11) is 1.78. The van der Waals surface area contributed by atoms with Crippen LogP contribution in [0.2, 0.25) is 0 Å². The average molecular weight is 363 g/mol. The van der Waals surface area contributed by atoms with E-state index in [1.54, 1.807) is 23.3 Å². The fourth-order valence-corrected chi connectivity index (χ4v) is 2.74. The van der Waals surface area contributed by atoms with Crippen molar-refractivity contribution in [1.82, 2.24) is 14.8 Å². The maximum absolute atomic E-state index is 12.6. The van der Waals surface area contributed by atoms with Crippen LogP contribution in [0.1, 0.15) is 11.3 Å². The highest BCUT2D eigenvalue weighted by atomic mass is 16.2. The fourth-order valence-electron chi connectivity index (χ4n) is 2.74. The highest BCUT2D eigenvalue weighted by Gasteiger charge is 2.14. The van der Waals surface area contributed by atoms with E-state index < -0.39 is 0 Å². The summed E-state index contributed by atoms with van der Waals surface area (Å²) in [5.41, 5.74) is 5.15. The minimum absolute atomic E-state index is 0.101. The van der Waals surface area contributed by atoms with Crippen LogP contribution in [0, 0.1) is 6.92 Å². The van der Waals surface area contributed by atoms with Crippen molar-refractivity contribution in [1.29, 1.82) is 0 Å². The zero-order valence-electron chi connectivity index (χ0n) is 15.2. The van der Waals surface area contributed by atoms with Crippen molar-refractivity contribution in [2.24, 2.45) is 12.1 Å². The summed E-state index contributed by atoms with van der Waals surface area (Å²) >= 11 is 0. The quantitative estimate of drug-likeness (QED) is 0.520. The summed E-state index contributed by atoms with van der Waals surface area (Å²) in [5, 5.41) is 6.99. The molecule has 1 amide bonds. The Balaban J connectivity index is 1.69. The topological polar surface area (TPSA) is 80.4 Å². The molecule has 3 aromatic rings. The molecule has 0 unspecified atom stereocenters. The molecule has 0 aliphatic rings. The number of benzene rings is 2. The Hall–Kier alpha value is -3.61. The fraction of sp³-hybridized carbons (Fsp3) is 0.150. The van der Waals surface area contributed by atoms with Gasteiger partial charge in [-0.25, -0.2) is 10.1 Å². The molecule has 0 fully saturated rings. The summed E-state index contributed by atoms with van der Waals surface area (Å²) in [6.45, 7) is 1.84. The van der Waals surface area contributed by atoms with Crippen LogP contribution >= 0.6 is 0 Å². The highest BCUT2D eigenvalue weighted by molar-refractivity contribution is 5.84. The minimum Gasteiger partial charge on any atom is -0.376 e. The van der Waals surface area contributed by atoms with Crippen molar-refractivity contribution in [3.63, 3.8) is 0 Å². The maximum Gasteiger partial charge on any atom is 0.274 e. The molecule has 0 radical (unpaired) electrons. The Kier molecular flexibility index (Phi) is 5.51. The van der Waals surface area contributed by atoms with Crippen molar-refractivity contribution >= 4 is 17.8 Å². The third kappa shape index (κ3) is 4.14. The van der Waals surface area contributed by atoms with Crippen LogP contribution in [0.25, 0.3) is 5.69 Å². The Labute approximate surface area is 156 Å². The van der Waals surface area contributed by atoms with Crippen molar-refractivity contribution in [2.45, 2.75) is 6.92 Å². The van der Waals surface area contributed by atoms with Crippen molar-refractivity contribution in [3.05, 3.63) is 82.3 Å². The number of rotatable bonds is 6. The molecule has 0 saturated carbocycles. The van der Waals surface area contributed by atoms with E-state index in [4.69, 9.17) is 0 Å². The molecule has 0 aliphatic carbocycles. The number of carbonyl (C=O) groups is 1. The van der Waals surface area contributed by atoms with Crippen molar-refractivity contribution in [2.75, 3.05) is 11.9 Å². The zero-order chi connectivity index (χ0) is 19.2. The number of para-hydroxylation sites is 2. The summed E-state index contributed by atoms with van der Waals surface area (Å²) in [6.07, 6.45) is 1.48. The largest absolute Gasteiger partial charge is 0.376 e. The van der Waals surface area contributed by atoms with Crippen molar-refractivity contribution < 1.29 is 4.79 Å². The van der Waals surface area contributed by atoms with Crippen LogP contribution in [0.5, 0.6) is 0 Å². The molecule has 27 heavy (non-hydrogen) atoms. The van der Waals surface area contributed by atoms with E-state index in [9.17, 15) is 9.59 Å². The second kappa shape index (κ2) is 8.18. The van der Waals surface area contributed by atoms with Gasteiger partial charge in [-0.05, 0) is 31.2 Å². The molecule has 0 bridgehead atoms. The first-order chi connectivity index (χ1) is 13.1. The molecule has 0 atom stereocenters. The summed E-state index contributed by atoms with van der Waals surface area (Å²) < 4.78 is 3.28. The molecule has 0 spiro atoms. The summed E-state index contributed by atoms with van der Waals surface area (Å²) in [6, 6.07) is 18.8. The van der Waals surface area contributed by atoms with Crippen LogP contribution in [-0.4, -0.2) is 28.0 Å². The van der Waals surface area contributed by atoms with E-state index >= 15 is 0 Å². The van der Waals surface area contributed by atoms with Gasteiger partial charge in [0, 0.05) is 18.3 Å². The van der Waals surface area contributed by atoms with Gasteiger partial charge in [0.1, 0.15) is 0 Å². The lowest BCUT2D eigenvalue weighted by Gasteiger charge is -2.08. The molecule has 3 rings (SSSR count). The smallest absolute Gasteiger partial charge is 0.274 e. The van der Waals surface area contributed by atoms with E-state index in [-0.39, 0.29) is 18.0 Å². The van der Waals surface area contributed by atoms with E-state index in [0.29, 0.717) is 11.3 Å². The molecule has 1 heterocycles. The van der Waals surface area contributed by atoms with Gasteiger partial charge >= 0.3 is 0 Å². The average Bonchev–Trinajstić information content (AvgIpc) is 2.91. The Morgan fingerprint density at radius 2 is 1.70 bits per heavy atom. The molecule has 0 saturated heterocycles. The van der Waals surface area contributed by atoms with Crippen molar-refractivity contribution in [3.8, 4) is 5.69 Å². The molecular formula is C20H21N5O2. The number of nitrogens with one attached hydrogen (secondary N) is 2. The van der Waals surface area contributed by atoms with Gasteiger partial charge in [0.2, 0.25) is 0 Å². The summed E-state index contributed by atoms with van der Waals surface area (Å²) in [5.74, 6) is -0.278. The Morgan fingerprint density at radius 3 is 2.37 bits per heavy atom. The second-order valence-electron chi connectivity index (χ2n) is 6.00. The first kappa shape index (κ1) is 18.2. The van der Waals surface area contributed by atoms with Gasteiger partial charge in [-0.2, -0.15) is 5.10 Å². The van der Waals surface area contributed by atoms with Crippen LogP contribution in [-0.2, 0) is 11.8 Å². The molecule has 2 N–H and O–H groups in total. The number of hydrogen-bond donors (Lipinski definition) is 2. The predicted molar refractivity (Wildman–Crippen MR) is 106 cm³/mol. The molecule has 138 valence electrons. The number of hydrazone groups is 1. The van der Waals surface area contributed by atoms with Gasteiger partial charge in [-0.3, -0.25) is 14.3 Å². The van der Waals surface area contributed by atoms with Crippen LogP contribution in [0.15, 0.2) is 70.6 Å². The number of nitrogens with zero attached hydrogens (tertiary/aromatic N) is 3. The van der Waals surface area contributed by atoms with Gasteiger partial charge in [0.05, 0.1) is 24.1 Å². The van der Waals surface area contributed by atoms with Crippen LogP contribution in [0.3, 0.4) is 0 Å². The monoisotopic (exact) mass is 363 g/mol. The number of amides is 1. The molecule has 7 nitrogen and oxygen atoms in total. The maximum atomic E-state index is 12.6. The molecular weight excluding hydrogens is 342 g/mol. The first-order valence-electron chi connectivity index (χ1n) is 8.53. The third-order valence-corrected chi connectivity index (χ3v) is 4.15. The van der Waals surface area contributed by atoms with Gasteiger partial charge in [0.25, 0.3) is 11.5 Å². The van der Waals surface area contributed by atoms with E-state index in [0.717, 1.165) is 11.4 Å². The van der Waals surface area contributed by atoms with Crippen LogP contribution in [0.4, 0.5) is 5.69 Å². The molecule has 0 aliphatic heterocycles. The number of anilines is 1. The van der Waals surface area contributed by atoms with E-state index in [2.05, 4.69) is 15.8 Å².